The molecule has 0 radical (unpaired) electrons. The van der Waals surface area contributed by atoms with Gasteiger partial charge in [0.2, 0.25) is 10.0 Å². The van der Waals surface area contributed by atoms with Crippen molar-refractivity contribution in [2.45, 2.75) is 51.0 Å². The molecule has 0 aromatic heterocycles. The first-order chi connectivity index (χ1) is 9.72. The lowest BCUT2D eigenvalue weighted by Crippen LogP contribution is -2.32. The maximum Gasteiger partial charge on any atom is 0.240 e. The van der Waals surface area contributed by atoms with E-state index in [1.165, 1.54) is 12.1 Å². The third-order valence-corrected chi connectivity index (χ3v) is 5.07. The van der Waals surface area contributed by atoms with E-state index < -0.39 is 10.0 Å². The van der Waals surface area contributed by atoms with Gasteiger partial charge in [-0.3, -0.25) is 0 Å². The third kappa shape index (κ3) is 6.11. The minimum atomic E-state index is -3.49. The van der Waals surface area contributed by atoms with Crippen LogP contribution < -0.4 is 10.5 Å². The molecule has 0 aliphatic rings. The summed E-state index contributed by atoms with van der Waals surface area (Å²) < 4.78 is 27.2. The summed E-state index contributed by atoms with van der Waals surface area (Å²) in [5, 5.41) is 0. The van der Waals surface area contributed by atoms with Gasteiger partial charge in [-0.25, -0.2) is 13.1 Å². The Bertz CT molecular complexity index is 566. The predicted octanol–water partition coefficient (Wildman–Crippen LogP) is 2.81. The number of benzene rings is 1. The Hall–Kier alpha value is -0.980. The van der Waals surface area contributed by atoms with Crippen molar-refractivity contribution in [1.82, 2.24) is 4.72 Å². The highest BCUT2D eigenvalue weighted by Crippen LogP contribution is 2.13. The molecular formula is C15H24N2O2S2. The lowest BCUT2D eigenvalue weighted by molar-refractivity contribution is 0.488. The molecule has 1 unspecified atom stereocenters. The van der Waals surface area contributed by atoms with Gasteiger partial charge in [-0.15, -0.1) is 0 Å². The van der Waals surface area contributed by atoms with Crippen LogP contribution in [0.1, 0.15) is 45.6 Å². The molecule has 0 aliphatic carbocycles. The first-order valence-corrected chi connectivity index (χ1v) is 9.03. The molecule has 0 saturated carbocycles. The Morgan fingerprint density at radius 2 is 1.76 bits per heavy atom. The fourth-order valence-electron chi connectivity index (χ4n) is 2.02. The SMILES string of the molecule is CC(C)CCCC(C)NS(=O)(=O)c1ccc(C(N)=S)cc1. The smallest absolute Gasteiger partial charge is 0.240 e. The van der Waals surface area contributed by atoms with Crippen molar-refractivity contribution in [3.63, 3.8) is 0 Å². The molecule has 0 fully saturated rings. The van der Waals surface area contributed by atoms with E-state index in [0.717, 1.165) is 19.3 Å². The average molecular weight is 329 g/mol. The first-order valence-electron chi connectivity index (χ1n) is 7.14. The Morgan fingerprint density at radius 3 is 2.24 bits per heavy atom. The van der Waals surface area contributed by atoms with Gasteiger partial charge in [0, 0.05) is 11.6 Å². The van der Waals surface area contributed by atoms with Crippen LogP contribution in [-0.4, -0.2) is 19.4 Å². The van der Waals surface area contributed by atoms with Crippen LogP contribution in [0.2, 0.25) is 0 Å². The highest BCUT2D eigenvalue weighted by Gasteiger charge is 2.17. The molecule has 21 heavy (non-hydrogen) atoms. The topological polar surface area (TPSA) is 72.2 Å². The van der Waals surface area contributed by atoms with E-state index in [1.54, 1.807) is 12.1 Å². The minimum Gasteiger partial charge on any atom is -0.389 e. The van der Waals surface area contributed by atoms with Gasteiger partial charge in [0.1, 0.15) is 4.99 Å². The maximum atomic E-state index is 12.2. The van der Waals surface area contributed by atoms with E-state index in [1.807, 2.05) is 6.92 Å². The summed E-state index contributed by atoms with van der Waals surface area (Å²) in [6, 6.07) is 6.22. The summed E-state index contributed by atoms with van der Waals surface area (Å²) in [6.07, 6.45) is 2.96. The maximum absolute atomic E-state index is 12.2. The highest BCUT2D eigenvalue weighted by atomic mass is 32.2. The Labute approximate surface area is 133 Å². The van der Waals surface area contributed by atoms with Crippen molar-refractivity contribution in [2.24, 2.45) is 11.7 Å². The number of nitrogens with one attached hydrogen (secondary N) is 1. The molecule has 1 atom stereocenters. The summed E-state index contributed by atoms with van der Waals surface area (Å²) in [4.78, 5) is 0.493. The monoisotopic (exact) mass is 328 g/mol. The first kappa shape index (κ1) is 18.1. The number of hydrogen-bond acceptors (Lipinski definition) is 3. The fraction of sp³-hybridized carbons (Fsp3) is 0.533. The van der Waals surface area contributed by atoms with E-state index in [-0.39, 0.29) is 15.9 Å². The minimum absolute atomic E-state index is 0.0796. The lowest BCUT2D eigenvalue weighted by atomic mass is 10.0. The van der Waals surface area contributed by atoms with Crippen LogP contribution in [0.15, 0.2) is 29.2 Å². The van der Waals surface area contributed by atoms with Crippen molar-refractivity contribution in [3.05, 3.63) is 29.8 Å². The Kier molecular flexibility index (Phi) is 6.77. The molecule has 1 rings (SSSR count). The second-order valence-corrected chi connectivity index (χ2v) is 7.89. The number of rotatable bonds is 8. The molecule has 3 N–H and O–H groups in total. The van der Waals surface area contributed by atoms with E-state index in [0.29, 0.717) is 11.5 Å². The van der Waals surface area contributed by atoms with Crippen LogP contribution >= 0.6 is 12.2 Å². The molecule has 1 aromatic rings. The Morgan fingerprint density at radius 1 is 1.19 bits per heavy atom. The summed E-state index contributed by atoms with van der Waals surface area (Å²) in [5.41, 5.74) is 6.16. The highest BCUT2D eigenvalue weighted by molar-refractivity contribution is 7.89. The van der Waals surface area contributed by atoms with Gasteiger partial charge in [0.15, 0.2) is 0 Å². The van der Waals surface area contributed by atoms with Crippen LogP contribution in [0.5, 0.6) is 0 Å². The standard InChI is InChI=1S/C15H24N2O2S2/c1-11(2)5-4-6-12(3)17-21(18,19)14-9-7-13(8-10-14)15(16)20/h7-12,17H,4-6H2,1-3H3,(H2,16,20). The molecule has 0 bridgehead atoms. The van der Waals surface area contributed by atoms with Crippen molar-refractivity contribution in [2.75, 3.05) is 0 Å². The van der Waals surface area contributed by atoms with Gasteiger partial charge >= 0.3 is 0 Å². The second kappa shape index (κ2) is 7.87. The van der Waals surface area contributed by atoms with Crippen LogP contribution in [0, 0.1) is 5.92 Å². The van der Waals surface area contributed by atoms with Gasteiger partial charge in [0.05, 0.1) is 4.90 Å². The van der Waals surface area contributed by atoms with Crippen LogP contribution in [0.4, 0.5) is 0 Å². The molecule has 0 saturated heterocycles. The zero-order valence-corrected chi connectivity index (χ0v) is 14.4. The van der Waals surface area contributed by atoms with Gasteiger partial charge in [-0.1, -0.05) is 51.0 Å². The Balaban J connectivity index is 2.66. The molecule has 0 heterocycles. The number of hydrogen-bond donors (Lipinski definition) is 2. The largest absolute Gasteiger partial charge is 0.389 e. The second-order valence-electron chi connectivity index (χ2n) is 5.74. The molecule has 6 heteroatoms. The van der Waals surface area contributed by atoms with E-state index in [2.05, 4.69) is 18.6 Å². The van der Waals surface area contributed by atoms with Crippen LogP contribution in [0.25, 0.3) is 0 Å². The van der Waals surface area contributed by atoms with Crippen molar-refractivity contribution >= 4 is 27.2 Å². The summed E-state index contributed by atoms with van der Waals surface area (Å²) in [7, 11) is -3.49. The van der Waals surface area contributed by atoms with E-state index >= 15 is 0 Å². The van der Waals surface area contributed by atoms with E-state index in [9.17, 15) is 8.42 Å². The number of sulfonamides is 1. The molecule has 4 nitrogen and oxygen atoms in total. The van der Waals surface area contributed by atoms with Gasteiger partial charge in [0.25, 0.3) is 0 Å². The number of thiocarbonyl (C=S) groups is 1. The molecule has 118 valence electrons. The van der Waals surface area contributed by atoms with Crippen molar-refractivity contribution in [1.29, 1.82) is 0 Å². The zero-order valence-electron chi connectivity index (χ0n) is 12.8. The summed E-state index contributed by atoms with van der Waals surface area (Å²) in [6.45, 7) is 6.22. The quantitative estimate of drug-likeness (QED) is 0.720. The average Bonchev–Trinajstić information content (AvgIpc) is 2.37. The van der Waals surface area contributed by atoms with Crippen LogP contribution in [0.3, 0.4) is 0 Å². The summed E-state index contributed by atoms with van der Waals surface area (Å²) >= 11 is 4.85. The molecule has 1 aromatic carbocycles. The predicted molar refractivity (Wildman–Crippen MR) is 90.8 cm³/mol. The summed E-state index contributed by atoms with van der Waals surface area (Å²) in [5.74, 6) is 0.640. The molecule has 0 aliphatic heterocycles. The van der Waals surface area contributed by atoms with Crippen molar-refractivity contribution in [3.8, 4) is 0 Å². The van der Waals surface area contributed by atoms with Gasteiger partial charge in [-0.05, 0) is 31.4 Å². The van der Waals surface area contributed by atoms with Crippen LogP contribution in [-0.2, 0) is 10.0 Å². The van der Waals surface area contributed by atoms with E-state index in [4.69, 9.17) is 18.0 Å². The molecule has 0 amide bonds. The zero-order chi connectivity index (χ0) is 16.0. The number of nitrogens with two attached hydrogens (primary N) is 1. The third-order valence-electron chi connectivity index (χ3n) is 3.22. The lowest BCUT2D eigenvalue weighted by Gasteiger charge is -2.15. The molecule has 0 spiro atoms. The molecular weight excluding hydrogens is 304 g/mol. The van der Waals surface area contributed by atoms with Gasteiger partial charge < -0.3 is 5.73 Å². The van der Waals surface area contributed by atoms with Crippen molar-refractivity contribution < 1.29 is 8.42 Å². The normalized spacial score (nSPS) is 13.3. The fourth-order valence-corrected chi connectivity index (χ4v) is 3.44. The van der Waals surface area contributed by atoms with Gasteiger partial charge in [-0.2, -0.15) is 0 Å².